The van der Waals surface area contributed by atoms with Crippen molar-refractivity contribution in [1.29, 1.82) is 0 Å². The lowest BCUT2D eigenvalue weighted by atomic mass is 10.2. The highest BCUT2D eigenvalue weighted by molar-refractivity contribution is 8.00. The van der Waals surface area contributed by atoms with Crippen molar-refractivity contribution in [2.75, 3.05) is 18.2 Å². The Bertz CT molecular complexity index is 1390. The molecule has 0 fully saturated rings. The summed E-state index contributed by atoms with van der Waals surface area (Å²) < 4.78 is 13.1. The first-order chi connectivity index (χ1) is 17.2. The van der Waals surface area contributed by atoms with Crippen LogP contribution in [0.15, 0.2) is 78.0 Å². The molecule has 0 N–H and O–H groups in total. The van der Waals surface area contributed by atoms with Crippen molar-refractivity contribution >= 4 is 23.4 Å². The molecule has 2 aliphatic rings. The smallest absolute Gasteiger partial charge is 0.240 e. The number of rotatable bonds is 6. The van der Waals surface area contributed by atoms with E-state index in [0.29, 0.717) is 18.2 Å². The normalized spacial score (nSPS) is 14.7. The second-order valence-electron chi connectivity index (χ2n) is 8.57. The van der Waals surface area contributed by atoms with Crippen molar-refractivity contribution < 1.29 is 14.3 Å². The summed E-state index contributed by atoms with van der Waals surface area (Å²) in [5, 5.41) is 9.40. The molecule has 1 aromatic heterocycles. The average molecular weight is 485 g/mol. The van der Waals surface area contributed by atoms with Gasteiger partial charge in [0.2, 0.25) is 12.7 Å². The van der Waals surface area contributed by atoms with Gasteiger partial charge in [-0.2, -0.15) is 0 Å². The summed E-state index contributed by atoms with van der Waals surface area (Å²) in [5.74, 6) is 2.33. The minimum absolute atomic E-state index is 0.0823. The molecule has 3 aromatic carbocycles. The van der Waals surface area contributed by atoms with Gasteiger partial charge in [-0.05, 0) is 42.7 Å². The SMILES string of the molecule is C[C@H](Sc1nnc(-c2ccccc2)n1Cc1ccc2c(c1)OCO2)C(=O)N1CCc2ccccc21. The van der Waals surface area contributed by atoms with Gasteiger partial charge in [0.15, 0.2) is 22.5 Å². The molecule has 6 rings (SSSR count). The first kappa shape index (κ1) is 21.7. The predicted molar refractivity (Wildman–Crippen MR) is 135 cm³/mol. The number of nitrogens with zero attached hydrogens (tertiary/aromatic N) is 4. The van der Waals surface area contributed by atoms with Crippen LogP contribution >= 0.6 is 11.8 Å². The van der Waals surface area contributed by atoms with Crippen LogP contribution in [-0.4, -0.2) is 39.3 Å². The van der Waals surface area contributed by atoms with Crippen molar-refractivity contribution in [2.45, 2.75) is 30.3 Å². The molecule has 0 spiro atoms. The maximum absolute atomic E-state index is 13.4. The summed E-state index contributed by atoms with van der Waals surface area (Å²) in [6.07, 6.45) is 0.887. The van der Waals surface area contributed by atoms with Crippen molar-refractivity contribution in [2.24, 2.45) is 0 Å². The third kappa shape index (κ3) is 4.14. The monoisotopic (exact) mass is 484 g/mol. The summed E-state index contributed by atoms with van der Waals surface area (Å²) in [5.41, 5.74) is 4.24. The van der Waals surface area contributed by atoms with Crippen molar-refractivity contribution in [3.05, 3.63) is 83.9 Å². The summed E-state index contributed by atoms with van der Waals surface area (Å²) in [6.45, 7) is 3.43. The zero-order valence-electron chi connectivity index (χ0n) is 19.3. The molecule has 3 heterocycles. The van der Waals surface area contributed by atoms with Gasteiger partial charge >= 0.3 is 0 Å². The molecule has 4 aromatic rings. The van der Waals surface area contributed by atoms with Gasteiger partial charge in [0, 0.05) is 17.8 Å². The lowest BCUT2D eigenvalue weighted by Gasteiger charge is -2.21. The van der Waals surface area contributed by atoms with Crippen LogP contribution in [0.3, 0.4) is 0 Å². The first-order valence-corrected chi connectivity index (χ1v) is 12.5. The number of thioether (sulfide) groups is 1. The number of aromatic nitrogens is 3. The summed E-state index contributed by atoms with van der Waals surface area (Å²) in [7, 11) is 0. The third-order valence-electron chi connectivity index (χ3n) is 6.31. The highest BCUT2D eigenvalue weighted by Gasteiger charge is 2.30. The number of hydrogen-bond donors (Lipinski definition) is 0. The Morgan fingerprint density at radius 3 is 2.69 bits per heavy atom. The van der Waals surface area contributed by atoms with Gasteiger partial charge in [0.05, 0.1) is 11.8 Å². The van der Waals surface area contributed by atoms with Gasteiger partial charge < -0.3 is 14.4 Å². The lowest BCUT2D eigenvalue weighted by Crippen LogP contribution is -2.35. The molecule has 35 heavy (non-hydrogen) atoms. The second kappa shape index (κ2) is 9.11. The summed E-state index contributed by atoms with van der Waals surface area (Å²) in [4.78, 5) is 15.3. The molecule has 1 atom stereocenters. The van der Waals surface area contributed by atoms with E-state index in [1.165, 1.54) is 17.3 Å². The lowest BCUT2D eigenvalue weighted by molar-refractivity contribution is -0.117. The van der Waals surface area contributed by atoms with Crippen LogP contribution in [0.5, 0.6) is 11.5 Å². The van der Waals surface area contributed by atoms with Crippen LogP contribution in [0.25, 0.3) is 11.4 Å². The van der Waals surface area contributed by atoms with Crippen LogP contribution in [-0.2, 0) is 17.8 Å². The Balaban J connectivity index is 1.30. The van der Waals surface area contributed by atoms with Gasteiger partial charge in [0.25, 0.3) is 0 Å². The second-order valence-corrected chi connectivity index (χ2v) is 9.88. The molecule has 176 valence electrons. The molecule has 7 nitrogen and oxygen atoms in total. The van der Waals surface area contributed by atoms with E-state index in [-0.39, 0.29) is 18.0 Å². The minimum Gasteiger partial charge on any atom is -0.454 e. The maximum Gasteiger partial charge on any atom is 0.240 e. The van der Waals surface area contributed by atoms with Gasteiger partial charge in [-0.25, -0.2) is 0 Å². The number of ether oxygens (including phenoxy) is 2. The minimum atomic E-state index is -0.315. The molecule has 0 bridgehead atoms. The molecule has 0 unspecified atom stereocenters. The Labute approximate surface area is 207 Å². The van der Waals surface area contributed by atoms with E-state index in [1.54, 1.807) is 0 Å². The third-order valence-corrected chi connectivity index (χ3v) is 7.38. The quantitative estimate of drug-likeness (QED) is 0.367. The number of amides is 1. The average Bonchev–Trinajstić information content (AvgIpc) is 3.63. The molecule has 1 amide bonds. The van der Waals surface area contributed by atoms with Gasteiger partial charge in [0.1, 0.15) is 0 Å². The van der Waals surface area contributed by atoms with E-state index in [1.807, 2.05) is 78.6 Å². The zero-order chi connectivity index (χ0) is 23.8. The molecule has 0 saturated carbocycles. The van der Waals surface area contributed by atoms with E-state index in [9.17, 15) is 4.79 Å². The molecular weight excluding hydrogens is 460 g/mol. The van der Waals surface area contributed by atoms with Gasteiger partial charge in [-0.3, -0.25) is 9.36 Å². The molecule has 8 heteroatoms. The Kier molecular flexibility index (Phi) is 5.66. The molecule has 2 aliphatic heterocycles. The molecule has 0 aliphatic carbocycles. The van der Waals surface area contributed by atoms with Crippen molar-refractivity contribution in [3.8, 4) is 22.9 Å². The van der Waals surface area contributed by atoms with Crippen molar-refractivity contribution in [3.63, 3.8) is 0 Å². The fourth-order valence-electron chi connectivity index (χ4n) is 4.54. The standard InChI is InChI=1S/C27H24N4O3S/c1-18(26(32)30-14-13-20-7-5-6-10-22(20)30)35-27-29-28-25(21-8-3-2-4-9-21)31(27)16-19-11-12-23-24(15-19)34-17-33-23/h2-12,15,18H,13-14,16-17H2,1H3/t18-/m0/s1. The summed E-state index contributed by atoms with van der Waals surface area (Å²) >= 11 is 1.44. The van der Waals surface area contributed by atoms with E-state index in [2.05, 4.69) is 20.8 Å². The van der Waals surface area contributed by atoms with Gasteiger partial charge in [-0.1, -0.05) is 66.4 Å². The number of carbonyl (C=O) groups excluding carboxylic acids is 1. The molecular formula is C27H24N4O3S. The number of anilines is 1. The maximum atomic E-state index is 13.4. The highest BCUT2D eigenvalue weighted by Crippen LogP contribution is 2.35. The van der Waals surface area contributed by atoms with Crippen LogP contribution in [0.2, 0.25) is 0 Å². The fraction of sp³-hybridized carbons (Fsp3) is 0.222. The van der Waals surface area contributed by atoms with E-state index in [4.69, 9.17) is 9.47 Å². The van der Waals surface area contributed by atoms with Gasteiger partial charge in [-0.15, -0.1) is 10.2 Å². The predicted octanol–water partition coefficient (Wildman–Crippen LogP) is 4.79. The van der Waals surface area contributed by atoms with E-state index < -0.39 is 0 Å². The van der Waals surface area contributed by atoms with Crippen LogP contribution < -0.4 is 14.4 Å². The number of fused-ring (bicyclic) bond motifs is 2. The van der Waals surface area contributed by atoms with Crippen molar-refractivity contribution in [1.82, 2.24) is 14.8 Å². The van der Waals surface area contributed by atoms with E-state index in [0.717, 1.165) is 40.6 Å². The Hall–Kier alpha value is -3.78. The summed E-state index contributed by atoms with van der Waals surface area (Å²) in [6, 6.07) is 24.0. The number of para-hydroxylation sites is 1. The number of carbonyl (C=O) groups is 1. The molecule has 0 radical (unpaired) electrons. The topological polar surface area (TPSA) is 69.5 Å². The largest absolute Gasteiger partial charge is 0.454 e. The Morgan fingerprint density at radius 1 is 1.00 bits per heavy atom. The van der Waals surface area contributed by atoms with Crippen LogP contribution in [0, 0.1) is 0 Å². The van der Waals surface area contributed by atoms with E-state index >= 15 is 0 Å². The first-order valence-electron chi connectivity index (χ1n) is 11.6. The number of benzene rings is 3. The van der Waals surface area contributed by atoms with Crippen LogP contribution in [0.1, 0.15) is 18.1 Å². The fourth-order valence-corrected chi connectivity index (χ4v) is 5.45. The Morgan fingerprint density at radius 2 is 1.80 bits per heavy atom. The zero-order valence-corrected chi connectivity index (χ0v) is 20.1. The molecule has 0 saturated heterocycles. The van der Waals surface area contributed by atoms with Crippen LogP contribution in [0.4, 0.5) is 5.69 Å². The number of hydrogen-bond acceptors (Lipinski definition) is 6. The highest BCUT2D eigenvalue weighted by atomic mass is 32.2.